The molecule has 0 bridgehead atoms. The van der Waals surface area contributed by atoms with Gasteiger partial charge in [0.15, 0.2) is 0 Å². The van der Waals surface area contributed by atoms with Crippen molar-refractivity contribution in [1.82, 2.24) is 4.90 Å². The normalized spacial score (nSPS) is 26.8. The molecule has 2 heterocycles. The molecule has 4 atom stereocenters. The van der Waals surface area contributed by atoms with E-state index in [0.717, 1.165) is 19.3 Å². The second-order valence-corrected chi connectivity index (χ2v) is 10.4. The smallest absolute Gasteiger partial charge is 0.328 e. The average Bonchev–Trinajstić information content (AvgIpc) is 3.28. The van der Waals surface area contributed by atoms with Crippen molar-refractivity contribution in [1.29, 1.82) is 0 Å². The summed E-state index contributed by atoms with van der Waals surface area (Å²) in [5.41, 5.74) is -0.941. The third-order valence-electron chi connectivity index (χ3n) is 7.61. The van der Waals surface area contributed by atoms with E-state index < -0.39 is 35.6 Å². The number of rotatable bonds is 17. The van der Waals surface area contributed by atoms with Gasteiger partial charge in [0.05, 0.1) is 7.11 Å². The highest BCUT2D eigenvalue weighted by Gasteiger charge is 2.53. The molecule has 0 spiro atoms. The summed E-state index contributed by atoms with van der Waals surface area (Å²) < 4.78 is 10.4. The number of nitrogens with zero attached hydrogens (tertiary/aromatic N) is 1. The van der Waals surface area contributed by atoms with E-state index in [4.69, 9.17) is 9.47 Å². The molecule has 2 aliphatic rings. The number of hydrogen-bond acceptors (Lipinski definition) is 6. The van der Waals surface area contributed by atoms with Gasteiger partial charge in [-0.25, -0.2) is 4.79 Å². The van der Waals surface area contributed by atoms with Crippen molar-refractivity contribution in [2.24, 2.45) is 5.92 Å². The minimum Gasteiger partial charge on any atom is -0.467 e. The number of ether oxygens (including phenoxy) is 2. The van der Waals surface area contributed by atoms with Crippen LogP contribution in [0.3, 0.4) is 0 Å². The second kappa shape index (κ2) is 14.7. The van der Waals surface area contributed by atoms with Crippen LogP contribution in [0, 0.1) is 5.92 Å². The molecule has 0 saturated carbocycles. The molecule has 2 rings (SSSR count). The summed E-state index contributed by atoms with van der Waals surface area (Å²) in [7, 11) is 1.29. The zero-order chi connectivity index (χ0) is 25.0. The lowest BCUT2D eigenvalue weighted by atomic mass is 9.87. The van der Waals surface area contributed by atoms with E-state index in [1.54, 1.807) is 6.92 Å². The van der Waals surface area contributed by atoms with Gasteiger partial charge in [-0.2, -0.15) is 0 Å². The monoisotopic (exact) mass is 481 g/mol. The summed E-state index contributed by atoms with van der Waals surface area (Å²) >= 11 is 0. The van der Waals surface area contributed by atoms with Gasteiger partial charge in [-0.05, 0) is 26.2 Å². The fourth-order valence-corrected chi connectivity index (χ4v) is 5.34. The van der Waals surface area contributed by atoms with Gasteiger partial charge >= 0.3 is 11.9 Å². The predicted molar refractivity (Wildman–Crippen MR) is 131 cm³/mol. The molecule has 2 saturated heterocycles. The van der Waals surface area contributed by atoms with Gasteiger partial charge in [-0.15, -0.1) is 0 Å². The molecule has 0 aliphatic carbocycles. The van der Waals surface area contributed by atoms with Crippen LogP contribution in [0.15, 0.2) is 0 Å². The molecule has 7 nitrogen and oxygen atoms in total. The SMILES string of the molecule is CCCCCCCCCCCCCCCC1(C)OC(=O)C(CN2C(=O)CCC2C(=O)OC)C1O. The molecule has 1 amide bonds. The number of esters is 2. The standard InChI is InChI=1S/C27H47NO6/c1-4-5-6-7-8-9-10-11-12-13-14-15-16-19-27(2)24(30)21(25(31)34-27)20-28-22(26(32)33-3)17-18-23(28)29/h21-22,24,30H,4-20H2,1-3H3. The van der Waals surface area contributed by atoms with Crippen LogP contribution < -0.4 is 0 Å². The van der Waals surface area contributed by atoms with Crippen molar-refractivity contribution in [3.05, 3.63) is 0 Å². The Morgan fingerprint density at radius 1 is 1.00 bits per heavy atom. The van der Waals surface area contributed by atoms with E-state index in [9.17, 15) is 19.5 Å². The number of likely N-dealkylation sites (tertiary alicyclic amines) is 1. The Morgan fingerprint density at radius 3 is 2.06 bits per heavy atom. The number of methoxy groups -OCH3 is 1. The number of unbranched alkanes of at least 4 members (excludes halogenated alkanes) is 12. The number of cyclic esters (lactones) is 1. The van der Waals surface area contributed by atoms with Gasteiger partial charge in [0, 0.05) is 13.0 Å². The van der Waals surface area contributed by atoms with Crippen molar-refractivity contribution in [2.75, 3.05) is 13.7 Å². The van der Waals surface area contributed by atoms with Crippen LogP contribution in [-0.4, -0.2) is 59.3 Å². The van der Waals surface area contributed by atoms with Crippen LogP contribution in [0.4, 0.5) is 0 Å². The van der Waals surface area contributed by atoms with Crippen LogP contribution >= 0.6 is 0 Å². The van der Waals surface area contributed by atoms with Crippen LogP contribution in [0.25, 0.3) is 0 Å². The van der Waals surface area contributed by atoms with Gasteiger partial charge in [-0.1, -0.05) is 84.0 Å². The van der Waals surface area contributed by atoms with Crippen molar-refractivity contribution < 1.29 is 29.0 Å². The van der Waals surface area contributed by atoms with E-state index in [-0.39, 0.29) is 18.9 Å². The largest absolute Gasteiger partial charge is 0.467 e. The van der Waals surface area contributed by atoms with E-state index in [2.05, 4.69) is 6.92 Å². The first-order valence-corrected chi connectivity index (χ1v) is 13.6. The molecule has 2 aliphatic heterocycles. The summed E-state index contributed by atoms with van der Waals surface area (Å²) in [5, 5.41) is 10.9. The highest BCUT2D eigenvalue weighted by molar-refractivity contribution is 5.88. The Morgan fingerprint density at radius 2 is 1.53 bits per heavy atom. The first-order valence-electron chi connectivity index (χ1n) is 13.6. The molecule has 1 N–H and O–H groups in total. The lowest BCUT2D eigenvalue weighted by Gasteiger charge is -2.29. The maximum absolute atomic E-state index is 12.5. The minimum atomic E-state index is -0.996. The summed E-state index contributed by atoms with van der Waals surface area (Å²) in [6.07, 6.45) is 16.6. The molecular weight excluding hydrogens is 434 g/mol. The molecule has 0 aromatic heterocycles. The van der Waals surface area contributed by atoms with Crippen LogP contribution in [0.1, 0.15) is 117 Å². The van der Waals surface area contributed by atoms with E-state index in [0.29, 0.717) is 12.8 Å². The Labute approximate surface area is 205 Å². The zero-order valence-corrected chi connectivity index (χ0v) is 21.7. The van der Waals surface area contributed by atoms with Crippen LogP contribution in [-0.2, 0) is 23.9 Å². The Bertz CT molecular complexity index is 653. The number of carbonyl (C=O) groups is 3. The molecule has 7 heteroatoms. The molecule has 0 radical (unpaired) electrons. The zero-order valence-electron chi connectivity index (χ0n) is 21.7. The Balaban J connectivity index is 1.64. The van der Waals surface area contributed by atoms with Gasteiger partial charge < -0.3 is 19.5 Å². The minimum absolute atomic E-state index is 0.00715. The molecule has 0 aromatic rings. The highest BCUT2D eigenvalue weighted by Crippen LogP contribution is 2.37. The third-order valence-corrected chi connectivity index (χ3v) is 7.61. The van der Waals surface area contributed by atoms with Crippen LogP contribution in [0.2, 0.25) is 0 Å². The summed E-state index contributed by atoms with van der Waals surface area (Å²) in [6, 6.07) is -0.689. The highest BCUT2D eigenvalue weighted by atomic mass is 16.6. The summed E-state index contributed by atoms with van der Waals surface area (Å²) in [6.45, 7) is 4.02. The number of carbonyl (C=O) groups excluding carboxylic acids is 3. The quantitative estimate of drug-likeness (QED) is 0.234. The van der Waals surface area contributed by atoms with Gasteiger partial charge in [-0.3, -0.25) is 9.59 Å². The average molecular weight is 482 g/mol. The molecular formula is C27H47NO6. The fourth-order valence-electron chi connectivity index (χ4n) is 5.34. The number of hydrogen-bond donors (Lipinski definition) is 1. The molecule has 0 aromatic carbocycles. The maximum Gasteiger partial charge on any atom is 0.328 e. The molecule has 4 unspecified atom stereocenters. The molecule has 34 heavy (non-hydrogen) atoms. The van der Waals surface area contributed by atoms with Gasteiger partial charge in [0.25, 0.3) is 0 Å². The lowest BCUT2D eigenvalue weighted by molar-refractivity contribution is -0.153. The van der Waals surface area contributed by atoms with E-state index in [1.165, 1.54) is 76.2 Å². The maximum atomic E-state index is 12.5. The van der Waals surface area contributed by atoms with E-state index >= 15 is 0 Å². The predicted octanol–water partition coefficient (Wildman–Crippen LogP) is 4.92. The van der Waals surface area contributed by atoms with Crippen molar-refractivity contribution in [2.45, 2.75) is 134 Å². The van der Waals surface area contributed by atoms with Gasteiger partial charge in [0.1, 0.15) is 23.7 Å². The van der Waals surface area contributed by atoms with Crippen molar-refractivity contribution >= 4 is 17.8 Å². The van der Waals surface area contributed by atoms with E-state index in [1.807, 2.05) is 0 Å². The van der Waals surface area contributed by atoms with Crippen LogP contribution in [0.5, 0.6) is 0 Å². The molecule has 196 valence electrons. The number of amides is 1. The number of aliphatic hydroxyl groups excluding tert-OH is 1. The topological polar surface area (TPSA) is 93.1 Å². The van der Waals surface area contributed by atoms with Gasteiger partial charge in [0.2, 0.25) is 5.91 Å². The Hall–Kier alpha value is -1.63. The fraction of sp³-hybridized carbons (Fsp3) is 0.889. The first-order chi connectivity index (χ1) is 16.3. The lowest BCUT2D eigenvalue weighted by Crippen LogP contribution is -2.47. The summed E-state index contributed by atoms with van der Waals surface area (Å²) in [5.74, 6) is -2.00. The first kappa shape index (κ1) is 28.6. The van der Waals surface area contributed by atoms with Crippen molar-refractivity contribution in [3.8, 4) is 0 Å². The number of aliphatic hydroxyl groups is 1. The molecule has 2 fully saturated rings. The van der Waals surface area contributed by atoms with Crippen molar-refractivity contribution in [3.63, 3.8) is 0 Å². The second-order valence-electron chi connectivity index (χ2n) is 10.4. The Kier molecular flexibility index (Phi) is 12.4. The third kappa shape index (κ3) is 8.24. The summed E-state index contributed by atoms with van der Waals surface area (Å²) in [4.78, 5) is 38.2.